The van der Waals surface area contributed by atoms with E-state index in [1.807, 2.05) is 48.5 Å². The molecule has 0 amide bonds. The van der Waals surface area contributed by atoms with Gasteiger partial charge in [-0.1, -0.05) is 53.4 Å². The lowest BCUT2D eigenvalue weighted by Gasteiger charge is -2.21. The Hall–Kier alpha value is -1.17. The van der Waals surface area contributed by atoms with Gasteiger partial charge in [0.2, 0.25) is 0 Å². The van der Waals surface area contributed by atoms with Crippen LogP contribution in [0.15, 0.2) is 48.5 Å². The summed E-state index contributed by atoms with van der Waals surface area (Å²) in [4.78, 5) is 2.33. The quantitative estimate of drug-likeness (QED) is 0.613. The van der Waals surface area contributed by atoms with Crippen LogP contribution < -0.4 is 0 Å². The molecule has 0 spiro atoms. The molecule has 0 radical (unpaired) electrons. The highest BCUT2D eigenvalue weighted by atomic mass is 35.5. The highest BCUT2D eigenvalue weighted by Gasteiger charge is 2.07. The van der Waals surface area contributed by atoms with Crippen molar-refractivity contribution in [2.75, 3.05) is 6.54 Å². The van der Waals surface area contributed by atoms with Gasteiger partial charge in [0.1, 0.15) is 0 Å². The molecule has 2 aromatic carbocycles. The summed E-state index contributed by atoms with van der Waals surface area (Å²) in [7, 11) is 0. The highest BCUT2D eigenvalue weighted by molar-refractivity contribution is 6.31. The summed E-state index contributed by atoms with van der Waals surface area (Å²) in [5.41, 5.74) is 2.44. The first-order valence-electron chi connectivity index (χ1n) is 6.97. The lowest BCUT2D eigenvalue weighted by molar-refractivity contribution is 0.263. The van der Waals surface area contributed by atoms with Crippen molar-refractivity contribution in [3.63, 3.8) is 0 Å². The Morgan fingerprint density at radius 2 is 1.23 bits per heavy atom. The fourth-order valence-corrected chi connectivity index (χ4v) is 2.52. The van der Waals surface area contributed by atoms with Crippen LogP contribution in [0.1, 0.15) is 17.5 Å². The molecule has 0 bridgehead atoms. The minimum atomic E-state index is 0.741. The fourth-order valence-electron chi connectivity index (χ4n) is 2.17. The van der Waals surface area contributed by atoms with Crippen LogP contribution in [0.3, 0.4) is 0 Å². The second kappa shape index (κ2) is 9.08. The average Bonchev–Trinajstić information content (AvgIpc) is 2.52. The number of halogens is 3. The summed E-state index contributed by atoms with van der Waals surface area (Å²) in [6.45, 7) is 2.53. The van der Waals surface area contributed by atoms with Gasteiger partial charge in [0, 0.05) is 41.5 Å². The zero-order valence-electron chi connectivity index (χ0n) is 12.0. The van der Waals surface area contributed by atoms with Gasteiger partial charge in [-0.2, -0.15) is 0 Å². The van der Waals surface area contributed by atoms with E-state index >= 15 is 0 Å². The van der Waals surface area contributed by atoms with Crippen molar-refractivity contribution in [3.8, 4) is 11.3 Å². The molecule has 1 nitrogen and oxygen atoms in total. The van der Waals surface area contributed by atoms with Gasteiger partial charge in [-0.15, -0.1) is 0 Å². The van der Waals surface area contributed by atoms with E-state index in [9.17, 15) is 0 Å². The molecular weight excluding hydrogens is 337 g/mol. The van der Waals surface area contributed by atoms with Crippen molar-refractivity contribution in [2.24, 2.45) is 0 Å². The summed E-state index contributed by atoms with van der Waals surface area (Å²) < 4.78 is 0. The number of benzene rings is 2. The van der Waals surface area contributed by atoms with E-state index in [1.165, 1.54) is 11.1 Å². The molecule has 0 saturated heterocycles. The van der Waals surface area contributed by atoms with E-state index in [4.69, 9.17) is 34.8 Å². The molecule has 0 heterocycles. The molecule has 0 aliphatic heterocycles. The molecule has 0 N–H and O–H groups in total. The third-order valence-corrected chi connectivity index (χ3v) is 3.90. The zero-order chi connectivity index (χ0) is 15.8. The largest absolute Gasteiger partial charge is 0.294 e. The molecule has 4 heteroatoms. The van der Waals surface area contributed by atoms with Crippen LogP contribution in [0.4, 0.5) is 0 Å². The van der Waals surface area contributed by atoms with Gasteiger partial charge in [-0.3, -0.25) is 4.90 Å². The van der Waals surface area contributed by atoms with Crippen LogP contribution in [0.2, 0.25) is 10.0 Å². The Morgan fingerprint density at radius 3 is 1.64 bits per heavy atom. The smallest absolute Gasteiger partial charge is 0.0406 e. The molecule has 2 aromatic rings. The Kier molecular flexibility index (Phi) is 7.09. The first-order valence-corrected chi connectivity index (χ1v) is 8.10. The molecule has 0 aromatic heterocycles. The first-order chi connectivity index (χ1) is 10.7. The van der Waals surface area contributed by atoms with E-state index in [1.54, 1.807) is 0 Å². The molecule has 0 unspecified atom stereocenters. The van der Waals surface area contributed by atoms with Crippen molar-refractivity contribution in [1.82, 2.24) is 4.90 Å². The lowest BCUT2D eigenvalue weighted by atomic mass is 10.1. The Morgan fingerprint density at radius 1 is 0.773 bits per heavy atom. The third-order valence-electron chi connectivity index (χ3n) is 3.26. The summed E-state index contributed by atoms with van der Waals surface area (Å²) in [6, 6.07) is 15.8. The van der Waals surface area contributed by atoms with Crippen molar-refractivity contribution >= 4 is 34.8 Å². The Bertz CT molecular complexity index is 591. The van der Waals surface area contributed by atoms with E-state index in [2.05, 4.69) is 16.2 Å². The molecule has 0 aliphatic rings. The monoisotopic (exact) mass is 351 g/mol. The summed E-state index contributed by atoms with van der Waals surface area (Å²) in [6.07, 6.45) is 0.741. The van der Waals surface area contributed by atoms with Crippen molar-refractivity contribution in [2.45, 2.75) is 19.5 Å². The minimum Gasteiger partial charge on any atom is -0.294 e. The molecule has 0 fully saturated rings. The summed E-state index contributed by atoms with van der Waals surface area (Å²) >= 11 is 17.3. The first kappa shape index (κ1) is 17.2. The maximum Gasteiger partial charge on any atom is 0.0406 e. The maximum absolute atomic E-state index is 5.94. The van der Waals surface area contributed by atoms with Crippen molar-refractivity contribution < 1.29 is 0 Å². The third kappa shape index (κ3) is 5.91. The van der Waals surface area contributed by atoms with E-state index in [-0.39, 0.29) is 0 Å². The van der Waals surface area contributed by atoms with Gasteiger partial charge >= 0.3 is 0 Å². The van der Waals surface area contributed by atoms with Crippen LogP contribution in [0, 0.1) is 11.3 Å². The van der Waals surface area contributed by atoms with Crippen LogP contribution in [0.25, 0.3) is 0 Å². The fraction of sp³-hybridized carbons (Fsp3) is 0.222. The van der Waals surface area contributed by atoms with Crippen molar-refractivity contribution in [3.05, 3.63) is 69.7 Å². The van der Waals surface area contributed by atoms with Crippen LogP contribution in [-0.4, -0.2) is 11.4 Å². The Labute approximate surface area is 146 Å². The number of nitrogens with zero attached hydrogens (tertiary/aromatic N) is 1. The van der Waals surface area contributed by atoms with Gasteiger partial charge in [-0.25, -0.2) is 0 Å². The number of hydrogen-bond acceptors (Lipinski definition) is 1. The van der Waals surface area contributed by atoms with Gasteiger partial charge in [0.05, 0.1) is 0 Å². The van der Waals surface area contributed by atoms with Gasteiger partial charge in [0.15, 0.2) is 0 Å². The van der Waals surface area contributed by atoms with Crippen LogP contribution >= 0.6 is 34.8 Å². The standard InChI is InChI=1S/C18H16Cl3N/c19-11-1-2-12-22(13-15-3-7-17(20)8-4-15)14-16-5-9-18(21)10-6-16/h3-10H,2,12-14H2. The van der Waals surface area contributed by atoms with Crippen LogP contribution in [-0.2, 0) is 13.1 Å². The molecule has 0 atom stereocenters. The average molecular weight is 353 g/mol. The summed E-state index contributed by atoms with van der Waals surface area (Å²) in [5.74, 6) is 2.90. The zero-order valence-corrected chi connectivity index (χ0v) is 14.3. The lowest BCUT2D eigenvalue weighted by Crippen LogP contribution is -2.23. The SMILES string of the molecule is ClC#CCCN(Cc1ccc(Cl)cc1)Cc1ccc(Cl)cc1. The van der Waals surface area contributed by atoms with Gasteiger partial charge in [-0.05, 0) is 47.0 Å². The van der Waals surface area contributed by atoms with E-state index in [0.29, 0.717) is 0 Å². The predicted molar refractivity (Wildman–Crippen MR) is 95.3 cm³/mol. The number of rotatable bonds is 6. The molecule has 0 saturated carbocycles. The number of hydrogen-bond donors (Lipinski definition) is 0. The van der Waals surface area contributed by atoms with Crippen LogP contribution in [0.5, 0.6) is 0 Å². The predicted octanol–water partition coefficient (Wildman–Crippen LogP) is 5.59. The van der Waals surface area contributed by atoms with Gasteiger partial charge < -0.3 is 0 Å². The molecule has 0 aliphatic carbocycles. The molecule has 2 rings (SSSR count). The second-order valence-corrected chi connectivity index (χ2v) is 6.05. The maximum atomic E-state index is 5.94. The molecule has 22 heavy (non-hydrogen) atoms. The molecule has 114 valence electrons. The Balaban J connectivity index is 2.05. The molecular formula is C18H16Cl3N. The highest BCUT2D eigenvalue weighted by Crippen LogP contribution is 2.15. The second-order valence-electron chi connectivity index (χ2n) is 4.98. The normalized spacial score (nSPS) is 10.4. The topological polar surface area (TPSA) is 3.24 Å². The van der Waals surface area contributed by atoms with E-state index < -0.39 is 0 Å². The summed E-state index contributed by atoms with van der Waals surface area (Å²) in [5, 5.41) is 3.93. The van der Waals surface area contributed by atoms with Crippen molar-refractivity contribution in [1.29, 1.82) is 0 Å². The van der Waals surface area contributed by atoms with E-state index in [0.717, 1.165) is 36.1 Å². The van der Waals surface area contributed by atoms with Gasteiger partial charge in [0.25, 0.3) is 0 Å². The minimum absolute atomic E-state index is 0.741.